The minimum absolute atomic E-state index is 0.0115. The van der Waals surface area contributed by atoms with E-state index in [0.29, 0.717) is 13.0 Å². The third kappa shape index (κ3) is 1.55. The molecule has 2 unspecified atom stereocenters. The van der Waals surface area contributed by atoms with Gasteiger partial charge in [0.15, 0.2) is 0 Å². The summed E-state index contributed by atoms with van der Waals surface area (Å²) in [6.07, 6.45) is 0.503. The van der Waals surface area contributed by atoms with Crippen molar-refractivity contribution in [3.8, 4) is 0 Å². The molecule has 0 aromatic heterocycles. The summed E-state index contributed by atoms with van der Waals surface area (Å²) in [5.74, 6) is -0.157. The maximum Gasteiger partial charge on any atom is 0.140 e. The Morgan fingerprint density at radius 3 is 2.80 bits per heavy atom. The number of carbonyl (C=O) groups excluding carboxylic acids is 1. The Kier molecular flexibility index (Phi) is 2.40. The summed E-state index contributed by atoms with van der Waals surface area (Å²) in [6.45, 7) is 2.36. The molecule has 0 amide bonds. The van der Waals surface area contributed by atoms with E-state index in [4.69, 9.17) is 9.84 Å². The maximum atomic E-state index is 11.0. The number of aliphatic hydroxyl groups is 1. The molecule has 0 spiro atoms. The van der Waals surface area contributed by atoms with Crippen molar-refractivity contribution >= 4 is 5.78 Å². The van der Waals surface area contributed by atoms with Crippen LogP contribution in [0, 0.1) is 5.92 Å². The van der Waals surface area contributed by atoms with Crippen molar-refractivity contribution in [2.24, 2.45) is 5.92 Å². The zero-order valence-electron chi connectivity index (χ0n) is 6.04. The summed E-state index contributed by atoms with van der Waals surface area (Å²) in [5, 5.41) is 8.74. The first kappa shape index (κ1) is 7.69. The molecule has 0 aromatic rings. The molecule has 1 N–H and O–H groups in total. The summed E-state index contributed by atoms with van der Waals surface area (Å²) < 4.78 is 4.90. The number of Topliss-reactive ketones (excluding diaryl/α,β-unsaturated/α-hetero) is 1. The number of aliphatic hydroxyl groups excluding tert-OH is 1. The number of rotatable bonds is 4. The van der Waals surface area contributed by atoms with E-state index in [2.05, 4.69) is 0 Å². The van der Waals surface area contributed by atoms with Gasteiger partial charge in [-0.3, -0.25) is 4.79 Å². The van der Waals surface area contributed by atoms with E-state index in [-0.39, 0.29) is 24.4 Å². The lowest BCUT2D eigenvalue weighted by Crippen LogP contribution is -2.23. The Bertz CT molecular complexity index is 129. The molecule has 2 atom stereocenters. The summed E-state index contributed by atoms with van der Waals surface area (Å²) in [7, 11) is 0. The van der Waals surface area contributed by atoms with E-state index in [1.807, 2.05) is 0 Å². The van der Waals surface area contributed by atoms with E-state index < -0.39 is 0 Å². The van der Waals surface area contributed by atoms with E-state index >= 15 is 0 Å². The van der Waals surface area contributed by atoms with Crippen molar-refractivity contribution in [1.82, 2.24) is 0 Å². The number of carbonyl (C=O) groups is 1. The normalized spacial score (nSPS) is 26.0. The van der Waals surface area contributed by atoms with Gasteiger partial charge in [0.25, 0.3) is 0 Å². The first-order valence-corrected chi connectivity index (χ1v) is 3.54. The highest BCUT2D eigenvalue weighted by Crippen LogP contribution is 2.21. The predicted molar refractivity (Wildman–Crippen MR) is 35.6 cm³/mol. The average molecular weight is 144 g/mol. The van der Waals surface area contributed by atoms with Gasteiger partial charge in [0.05, 0.1) is 25.2 Å². The molecule has 1 rings (SSSR count). The van der Waals surface area contributed by atoms with E-state index in [0.717, 1.165) is 0 Å². The summed E-state index contributed by atoms with van der Waals surface area (Å²) in [4.78, 5) is 11.0. The van der Waals surface area contributed by atoms with Crippen molar-refractivity contribution in [2.45, 2.75) is 19.4 Å². The van der Waals surface area contributed by atoms with Crippen LogP contribution in [-0.2, 0) is 9.53 Å². The smallest absolute Gasteiger partial charge is 0.140 e. The van der Waals surface area contributed by atoms with E-state index in [9.17, 15) is 4.79 Å². The first-order valence-electron chi connectivity index (χ1n) is 3.54. The van der Waals surface area contributed by atoms with Gasteiger partial charge in [-0.25, -0.2) is 0 Å². The molecule has 0 bridgehead atoms. The SMILES string of the molecule is CCC(=O)C(CO)C1CO1. The maximum absolute atomic E-state index is 11.0. The second kappa shape index (κ2) is 3.12. The minimum Gasteiger partial charge on any atom is -0.396 e. The van der Waals surface area contributed by atoms with Gasteiger partial charge < -0.3 is 9.84 Å². The van der Waals surface area contributed by atoms with Crippen LogP contribution in [0.3, 0.4) is 0 Å². The zero-order chi connectivity index (χ0) is 7.56. The van der Waals surface area contributed by atoms with Crippen LogP contribution in [0.5, 0.6) is 0 Å². The molecule has 3 heteroatoms. The standard InChI is InChI=1S/C7H12O3/c1-2-6(9)5(3-8)7-4-10-7/h5,7-8H,2-4H2,1H3. The summed E-state index contributed by atoms with van der Waals surface area (Å²) in [5.41, 5.74) is 0. The second-order valence-corrected chi connectivity index (χ2v) is 2.48. The van der Waals surface area contributed by atoms with Crippen molar-refractivity contribution in [1.29, 1.82) is 0 Å². The lowest BCUT2D eigenvalue weighted by molar-refractivity contribution is -0.124. The number of ketones is 1. The molecule has 1 saturated heterocycles. The van der Waals surface area contributed by atoms with Gasteiger partial charge in [0.1, 0.15) is 5.78 Å². The lowest BCUT2D eigenvalue weighted by atomic mass is 10.0. The Labute approximate surface area is 60.0 Å². The molecule has 0 radical (unpaired) electrons. The molecule has 1 fully saturated rings. The van der Waals surface area contributed by atoms with E-state index in [1.54, 1.807) is 6.92 Å². The first-order chi connectivity index (χ1) is 4.79. The summed E-state index contributed by atoms with van der Waals surface area (Å²) >= 11 is 0. The lowest BCUT2D eigenvalue weighted by Gasteiger charge is -2.06. The van der Waals surface area contributed by atoms with E-state index in [1.165, 1.54) is 0 Å². The number of hydrogen-bond donors (Lipinski definition) is 1. The fourth-order valence-corrected chi connectivity index (χ4v) is 0.977. The summed E-state index contributed by atoms with van der Waals surface area (Å²) in [6, 6.07) is 0. The highest BCUT2D eigenvalue weighted by molar-refractivity contribution is 5.81. The van der Waals surface area contributed by atoms with Crippen LogP contribution in [0.1, 0.15) is 13.3 Å². The Balaban J connectivity index is 2.38. The van der Waals surface area contributed by atoms with Gasteiger partial charge >= 0.3 is 0 Å². The fraction of sp³-hybridized carbons (Fsp3) is 0.857. The molecule has 1 aliphatic heterocycles. The third-order valence-corrected chi connectivity index (χ3v) is 1.77. The van der Waals surface area contributed by atoms with Crippen molar-refractivity contribution in [3.63, 3.8) is 0 Å². The van der Waals surface area contributed by atoms with Gasteiger partial charge in [-0.2, -0.15) is 0 Å². The van der Waals surface area contributed by atoms with Crippen LogP contribution in [-0.4, -0.2) is 30.2 Å². The second-order valence-electron chi connectivity index (χ2n) is 2.48. The monoisotopic (exact) mass is 144 g/mol. The van der Waals surface area contributed by atoms with Gasteiger partial charge in [0, 0.05) is 6.42 Å². The van der Waals surface area contributed by atoms with Gasteiger partial charge in [-0.15, -0.1) is 0 Å². The van der Waals surface area contributed by atoms with Gasteiger partial charge in [-0.1, -0.05) is 6.92 Å². The van der Waals surface area contributed by atoms with Crippen LogP contribution < -0.4 is 0 Å². The molecule has 3 nitrogen and oxygen atoms in total. The molecular formula is C7H12O3. The van der Waals surface area contributed by atoms with Crippen molar-refractivity contribution in [2.75, 3.05) is 13.2 Å². The molecule has 10 heavy (non-hydrogen) atoms. The highest BCUT2D eigenvalue weighted by Gasteiger charge is 2.35. The van der Waals surface area contributed by atoms with Crippen LogP contribution in [0.4, 0.5) is 0 Å². The van der Waals surface area contributed by atoms with Crippen molar-refractivity contribution in [3.05, 3.63) is 0 Å². The van der Waals surface area contributed by atoms with Crippen LogP contribution in [0.15, 0.2) is 0 Å². The van der Waals surface area contributed by atoms with Crippen LogP contribution in [0.2, 0.25) is 0 Å². The van der Waals surface area contributed by atoms with Crippen molar-refractivity contribution < 1.29 is 14.6 Å². The molecule has 58 valence electrons. The topological polar surface area (TPSA) is 49.8 Å². The Hall–Kier alpha value is -0.410. The highest BCUT2D eigenvalue weighted by atomic mass is 16.6. The van der Waals surface area contributed by atoms with Gasteiger partial charge in [0.2, 0.25) is 0 Å². The zero-order valence-corrected chi connectivity index (χ0v) is 6.04. The Morgan fingerprint density at radius 1 is 1.90 bits per heavy atom. The predicted octanol–water partition coefficient (Wildman–Crippen LogP) is -0.0272. The quantitative estimate of drug-likeness (QED) is 0.564. The van der Waals surface area contributed by atoms with Gasteiger partial charge in [-0.05, 0) is 0 Å². The molecular weight excluding hydrogens is 132 g/mol. The average Bonchev–Trinajstić information content (AvgIpc) is 2.73. The third-order valence-electron chi connectivity index (χ3n) is 1.77. The fourth-order valence-electron chi connectivity index (χ4n) is 0.977. The molecule has 1 heterocycles. The van der Waals surface area contributed by atoms with Crippen LogP contribution >= 0.6 is 0 Å². The molecule has 0 aliphatic carbocycles. The number of hydrogen-bond acceptors (Lipinski definition) is 3. The number of epoxide rings is 1. The molecule has 1 aliphatic rings. The number of ether oxygens (including phenoxy) is 1. The Morgan fingerprint density at radius 2 is 2.50 bits per heavy atom. The molecule has 0 aromatic carbocycles. The largest absolute Gasteiger partial charge is 0.396 e. The minimum atomic E-state index is -0.259. The molecule has 0 saturated carbocycles. The van der Waals surface area contributed by atoms with Crippen LogP contribution in [0.25, 0.3) is 0 Å².